The van der Waals surface area contributed by atoms with Crippen LogP contribution >= 0.6 is 0 Å². The van der Waals surface area contributed by atoms with E-state index in [9.17, 15) is 0 Å². The SMILES string of the molecule is CCCCOC1CN(c2ccccc2)C(OCCCC)CO1. The van der Waals surface area contributed by atoms with E-state index in [-0.39, 0.29) is 12.5 Å². The molecule has 2 atom stereocenters. The number of nitrogens with zero attached hydrogens (tertiary/aromatic N) is 1. The van der Waals surface area contributed by atoms with Crippen LogP contribution in [-0.4, -0.2) is 38.9 Å². The molecule has 1 aliphatic rings. The molecule has 0 saturated carbocycles. The molecule has 4 nitrogen and oxygen atoms in total. The van der Waals surface area contributed by atoms with Crippen molar-refractivity contribution in [2.24, 2.45) is 0 Å². The summed E-state index contributed by atoms with van der Waals surface area (Å²) in [4.78, 5) is 2.26. The van der Waals surface area contributed by atoms with Gasteiger partial charge < -0.3 is 19.1 Å². The summed E-state index contributed by atoms with van der Waals surface area (Å²) in [6.07, 6.45) is 4.23. The summed E-state index contributed by atoms with van der Waals surface area (Å²) in [6, 6.07) is 10.4. The monoisotopic (exact) mass is 307 g/mol. The minimum Gasteiger partial charge on any atom is -0.356 e. The van der Waals surface area contributed by atoms with Crippen LogP contribution in [0.25, 0.3) is 0 Å². The molecule has 1 heterocycles. The molecule has 1 aliphatic heterocycles. The number of rotatable bonds is 9. The van der Waals surface area contributed by atoms with Crippen LogP contribution in [0.2, 0.25) is 0 Å². The van der Waals surface area contributed by atoms with E-state index in [0.29, 0.717) is 13.2 Å². The van der Waals surface area contributed by atoms with Gasteiger partial charge in [0.1, 0.15) is 0 Å². The third kappa shape index (κ3) is 5.27. The van der Waals surface area contributed by atoms with Crippen LogP contribution in [0.5, 0.6) is 0 Å². The highest BCUT2D eigenvalue weighted by molar-refractivity contribution is 5.47. The molecular formula is C18H29NO3. The second-order valence-corrected chi connectivity index (χ2v) is 5.65. The Balaban J connectivity index is 1.95. The van der Waals surface area contributed by atoms with Crippen molar-refractivity contribution in [2.45, 2.75) is 52.0 Å². The van der Waals surface area contributed by atoms with Crippen LogP contribution in [0.15, 0.2) is 30.3 Å². The van der Waals surface area contributed by atoms with E-state index in [1.54, 1.807) is 0 Å². The van der Waals surface area contributed by atoms with Crippen molar-refractivity contribution in [3.05, 3.63) is 30.3 Å². The maximum Gasteiger partial charge on any atom is 0.175 e. The fourth-order valence-corrected chi connectivity index (χ4v) is 2.46. The molecule has 124 valence electrons. The zero-order valence-electron chi connectivity index (χ0n) is 13.9. The summed E-state index contributed by atoms with van der Waals surface area (Å²) in [6.45, 7) is 7.13. The van der Waals surface area contributed by atoms with Crippen LogP contribution in [-0.2, 0) is 14.2 Å². The molecule has 0 radical (unpaired) electrons. The summed E-state index contributed by atoms with van der Waals surface area (Å²) in [5, 5.41) is 0. The average Bonchev–Trinajstić information content (AvgIpc) is 2.57. The molecule has 0 bridgehead atoms. The van der Waals surface area contributed by atoms with Crippen LogP contribution in [0.4, 0.5) is 5.69 Å². The molecule has 1 aromatic carbocycles. The molecule has 2 rings (SSSR count). The molecule has 2 unspecified atom stereocenters. The van der Waals surface area contributed by atoms with E-state index >= 15 is 0 Å². The summed E-state index contributed by atoms with van der Waals surface area (Å²) in [5.74, 6) is 0. The van der Waals surface area contributed by atoms with Crippen molar-refractivity contribution in [3.63, 3.8) is 0 Å². The van der Waals surface area contributed by atoms with Crippen molar-refractivity contribution < 1.29 is 14.2 Å². The molecule has 0 aliphatic carbocycles. The predicted octanol–water partition coefficient (Wildman–Crippen LogP) is 3.81. The Kier molecular flexibility index (Phi) is 7.71. The van der Waals surface area contributed by atoms with Gasteiger partial charge in [-0.2, -0.15) is 0 Å². The molecule has 1 aromatic rings. The quantitative estimate of drug-likeness (QED) is 0.649. The molecule has 0 spiro atoms. The van der Waals surface area contributed by atoms with Gasteiger partial charge in [-0.05, 0) is 25.0 Å². The number of para-hydroxylation sites is 1. The van der Waals surface area contributed by atoms with E-state index < -0.39 is 0 Å². The highest BCUT2D eigenvalue weighted by atomic mass is 16.7. The van der Waals surface area contributed by atoms with Gasteiger partial charge >= 0.3 is 0 Å². The third-order valence-electron chi connectivity index (χ3n) is 3.82. The van der Waals surface area contributed by atoms with Crippen LogP contribution < -0.4 is 4.90 Å². The average molecular weight is 307 g/mol. The van der Waals surface area contributed by atoms with Gasteiger partial charge in [0.15, 0.2) is 12.5 Å². The predicted molar refractivity (Wildman–Crippen MR) is 89.0 cm³/mol. The number of morpholine rings is 1. The van der Waals surface area contributed by atoms with Crippen LogP contribution in [0.3, 0.4) is 0 Å². The van der Waals surface area contributed by atoms with E-state index in [4.69, 9.17) is 14.2 Å². The Hall–Kier alpha value is -1.10. The van der Waals surface area contributed by atoms with E-state index in [2.05, 4.69) is 43.0 Å². The fourth-order valence-electron chi connectivity index (χ4n) is 2.46. The highest BCUT2D eigenvalue weighted by Gasteiger charge is 2.30. The minimum absolute atomic E-state index is 0.0278. The summed E-state index contributed by atoms with van der Waals surface area (Å²) < 4.78 is 17.7. The van der Waals surface area contributed by atoms with Crippen molar-refractivity contribution in [1.29, 1.82) is 0 Å². The van der Waals surface area contributed by atoms with Crippen molar-refractivity contribution in [2.75, 3.05) is 31.3 Å². The first-order valence-corrected chi connectivity index (χ1v) is 8.51. The van der Waals surface area contributed by atoms with Crippen LogP contribution in [0, 0.1) is 0 Å². The Morgan fingerprint density at radius 1 is 1.05 bits per heavy atom. The van der Waals surface area contributed by atoms with E-state index in [1.807, 2.05) is 6.07 Å². The Morgan fingerprint density at radius 2 is 1.73 bits per heavy atom. The van der Waals surface area contributed by atoms with Crippen molar-refractivity contribution in [3.8, 4) is 0 Å². The maximum atomic E-state index is 6.01. The minimum atomic E-state index is -0.169. The van der Waals surface area contributed by atoms with Crippen molar-refractivity contribution in [1.82, 2.24) is 0 Å². The lowest BCUT2D eigenvalue weighted by Gasteiger charge is -2.40. The summed E-state index contributed by atoms with van der Waals surface area (Å²) in [7, 11) is 0. The number of hydrogen-bond acceptors (Lipinski definition) is 4. The van der Waals surface area contributed by atoms with E-state index in [1.165, 1.54) is 0 Å². The second kappa shape index (κ2) is 9.82. The molecule has 22 heavy (non-hydrogen) atoms. The normalized spacial score (nSPS) is 22.0. The fraction of sp³-hybridized carbons (Fsp3) is 0.667. The smallest absolute Gasteiger partial charge is 0.175 e. The van der Waals surface area contributed by atoms with Crippen LogP contribution in [0.1, 0.15) is 39.5 Å². The first kappa shape index (κ1) is 17.3. The third-order valence-corrected chi connectivity index (χ3v) is 3.82. The van der Waals surface area contributed by atoms with Gasteiger partial charge in [0.25, 0.3) is 0 Å². The molecular weight excluding hydrogens is 278 g/mol. The molecule has 0 aromatic heterocycles. The number of hydrogen-bond donors (Lipinski definition) is 0. The Labute approximate surface area is 134 Å². The molecule has 4 heteroatoms. The zero-order valence-corrected chi connectivity index (χ0v) is 13.9. The van der Waals surface area contributed by atoms with Gasteiger partial charge in [0.05, 0.1) is 13.2 Å². The lowest BCUT2D eigenvalue weighted by molar-refractivity contribution is -0.182. The second-order valence-electron chi connectivity index (χ2n) is 5.65. The number of benzene rings is 1. The van der Waals surface area contributed by atoms with Gasteiger partial charge in [0, 0.05) is 18.9 Å². The first-order chi connectivity index (χ1) is 10.8. The van der Waals surface area contributed by atoms with Crippen molar-refractivity contribution >= 4 is 5.69 Å². The zero-order chi connectivity index (χ0) is 15.6. The lowest BCUT2D eigenvalue weighted by atomic mass is 10.2. The maximum absolute atomic E-state index is 6.01. The molecule has 0 N–H and O–H groups in total. The number of unbranched alkanes of at least 4 members (excludes halogenated alkanes) is 2. The Morgan fingerprint density at radius 3 is 2.41 bits per heavy atom. The molecule has 1 fully saturated rings. The van der Waals surface area contributed by atoms with E-state index in [0.717, 1.165) is 44.6 Å². The Bertz CT molecular complexity index is 399. The molecule has 1 saturated heterocycles. The largest absolute Gasteiger partial charge is 0.356 e. The van der Waals surface area contributed by atoms with Gasteiger partial charge in [-0.1, -0.05) is 44.9 Å². The van der Waals surface area contributed by atoms with Gasteiger partial charge in [-0.15, -0.1) is 0 Å². The first-order valence-electron chi connectivity index (χ1n) is 8.51. The van der Waals surface area contributed by atoms with Gasteiger partial charge in [-0.25, -0.2) is 0 Å². The standard InChI is InChI=1S/C18H29NO3/c1-3-5-12-20-17-15-22-18(21-13-6-4-2)14-19(17)16-10-8-7-9-11-16/h7-11,17-18H,3-6,12-15H2,1-2H3. The topological polar surface area (TPSA) is 30.9 Å². The molecule has 0 amide bonds. The highest BCUT2D eigenvalue weighted by Crippen LogP contribution is 2.23. The number of anilines is 1. The van der Waals surface area contributed by atoms with Gasteiger partial charge in [0.2, 0.25) is 0 Å². The summed E-state index contributed by atoms with van der Waals surface area (Å²) in [5.41, 5.74) is 1.16. The van der Waals surface area contributed by atoms with Gasteiger partial charge in [-0.3, -0.25) is 0 Å². The summed E-state index contributed by atoms with van der Waals surface area (Å²) >= 11 is 0. The lowest BCUT2D eigenvalue weighted by Crippen LogP contribution is -2.52. The number of ether oxygens (including phenoxy) is 3.